The minimum Gasteiger partial charge on any atom is -0.308 e. The fraction of sp³-hybridized carbons (Fsp3) is 0.357. The first kappa shape index (κ1) is 12.8. The van der Waals surface area contributed by atoms with E-state index in [2.05, 4.69) is 15.4 Å². The summed E-state index contributed by atoms with van der Waals surface area (Å²) in [6.07, 6.45) is 3.42. The molecule has 0 bridgehead atoms. The lowest BCUT2D eigenvalue weighted by Gasteiger charge is -2.23. The smallest absolute Gasteiger partial charge is 0.138 e. The Hall–Kier alpha value is -2.26. The summed E-state index contributed by atoms with van der Waals surface area (Å²) in [6, 6.07) is 6.76. The Morgan fingerprint density at radius 1 is 1.50 bits per heavy atom. The molecule has 20 heavy (non-hydrogen) atoms. The molecule has 5 nitrogen and oxygen atoms in total. The summed E-state index contributed by atoms with van der Waals surface area (Å²) in [5, 5.41) is 16.2. The molecule has 1 aliphatic heterocycles. The highest BCUT2D eigenvalue weighted by Crippen LogP contribution is 2.14. The number of aryl methyl sites for hydroxylation is 1. The number of hydrogen-bond donors (Lipinski definition) is 1. The van der Waals surface area contributed by atoms with Crippen molar-refractivity contribution in [1.29, 1.82) is 5.26 Å². The number of fused-ring (bicyclic) bond motifs is 1. The van der Waals surface area contributed by atoms with Gasteiger partial charge in [0.1, 0.15) is 18.0 Å². The van der Waals surface area contributed by atoms with Crippen LogP contribution in [0.2, 0.25) is 0 Å². The highest BCUT2D eigenvalue weighted by Gasteiger charge is 2.19. The van der Waals surface area contributed by atoms with Crippen LogP contribution in [0.5, 0.6) is 0 Å². The monoisotopic (exact) mass is 271 g/mol. The van der Waals surface area contributed by atoms with Crippen molar-refractivity contribution in [3.05, 3.63) is 47.3 Å². The minimum atomic E-state index is -0.339. The summed E-state index contributed by atoms with van der Waals surface area (Å²) in [6.45, 7) is 1.21. The summed E-state index contributed by atoms with van der Waals surface area (Å²) >= 11 is 0. The van der Waals surface area contributed by atoms with Crippen LogP contribution < -0.4 is 5.32 Å². The van der Waals surface area contributed by atoms with E-state index < -0.39 is 0 Å². The number of halogens is 1. The molecule has 0 spiro atoms. The molecule has 0 fully saturated rings. The van der Waals surface area contributed by atoms with Crippen LogP contribution in [0, 0.1) is 17.1 Å². The average Bonchev–Trinajstić information content (AvgIpc) is 2.93. The van der Waals surface area contributed by atoms with Crippen molar-refractivity contribution in [2.45, 2.75) is 32.0 Å². The largest absolute Gasteiger partial charge is 0.308 e. The molecule has 102 valence electrons. The SMILES string of the molecule is N#Cc1ccc(CNC2CCc3ncnn3C2)c(F)c1. The van der Waals surface area contributed by atoms with Crippen LogP contribution in [0.4, 0.5) is 4.39 Å². The third kappa shape index (κ3) is 2.53. The van der Waals surface area contributed by atoms with Crippen LogP contribution in [0.3, 0.4) is 0 Å². The zero-order chi connectivity index (χ0) is 13.9. The Labute approximate surface area is 116 Å². The van der Waals surface area contributed by atoms with Crippen LogP contribution in [0.1, 0.15) is 23.4 Å². The molecule has 1 aliphatic rings. The number of rotatable bonds is 3. The van der Waals surface area contributed by atoms with E-state index in [9.17, 15) is 4.39 Å². The van der Waals surface area contributed by atoms with Gasteiger partial charge >= 0.3 is 0 Å². The average molecular weight is 271 g/mol. The number of benzene rings is 1. The van der Waals surface area contributed by atoms with E-state index in [4.69, 9.17) is 5.26 Å². The number of nitrogens with zero attached hydrogens (tertiary/aromatic N) is 4. The van der Waals surface area contributed by atoms with Gasteiger partial charge in [-0.25, -0.2) is 14.1 Å². The quantitative estimate of drug-likeness (QED) is 0.916. The number of nitrogens with one attached hydrogen (secondary N) is 1. The van der Waals surface area contributed by atoms with E-state index in [0.717, 1.165) is 25.2 Å². The maximum atomic E-state index is 13.8. The molecule has 6 heteroatoms. The zero-order valence-corrected chi connectivity index (χ0v) is 10.9. The first-order valence-electron chi connectivity index (χ1n) is 6.55. The third-order valence-corrected chi connectivity index (χ3v) is 3.57. The first-order valence-corrected chi connectivity index (χ1v) is 6.55. The Balaban J connectivity index is 1.62. The van der Waals surface area contributed by atoms with Gasteiger partial charge in [0.25, 0.3) is 0 Å². The molecule has 2 aromatic rings. The lowest BCUT2D eigenvalue weighted by Crippen LogP contribution is -2.37. The topological polar surface area (TPSA) is 66.5 Å². The van der Waals surface area contributed by atoms with Gasteiger partial charge in [-0.1, -0.05) is 6.07 Å². The standard InChI is InChI=1S/C14H14FN5/c15-13-5-10(6-16)1-2-11(13)7-17-12-3-4-14-18-9-19-20(14)8-12/h1-2,5,9,12,17H,3-4,7-8H2. The third-order valence-electron chi connectivity index (χ3n) is 3.57. The highest BCUT2D eigenvalue weighted by atomic mass is 19.1. The van der Waals surface area contributed by atoms with Gasteiger partial charge in [0.05, 0.1) is 18.2 Å². The van der Waals surface area contributed by atoms with Gasteiger partial charge in [-0.05, 0) is 18.6 Å². The molecule has 0 saturated heterocycles. The number of hydrogen-bond acceptors (Lipinski definition) is 4. The molecule has 2 heterocycles. The highest BCUT2D eigenvalue weighted by molar-refractivity contribution is 5.32. The van der Waals surface area contributed by atoms with Crippen LogP contribution in [-0.4, -0.2) is 20.8 Å². The van der Waals surface area contributed by atoms with E-state index in [0.29, 0.717) is 17.7 Å². The van der Waals surface area contributed by atoms with Crippen molar-refractivity contribution < 1.29 is 4.39 Å². The zero-order valence-electron chi connectivity index (χ0n) is 10.9. The predicted octanol–water partition coefficient (Wildman–Crippen LogP) is 1.39. The molecule has 3 rings (SSSR count). The predicted molar refractivity (Wildman–Crippen MR) is 70.1 cm³/mol. The van der Waals surface area contributed by atoms with Gasteiger partial charge in [-0.15, -0.1) is 0 Å². The van der Waals surface area contributed by atoms with Gasteiger partial charge in [0.2, 0.25) is 0 Å². The summed E-state index contributed by atoms with van der Waals surface area (Å²) < 4.78 is 15.6. The molecule has 0 saturated carbocycles. The van der Waals surface area contributed by atoms with Crippen molar-refractivity contribution in [2.24, 2.45) is 0 Å². The van der Waals surface area contributed by atoms with Crippen LogP contribution in [0.15, 0.2) is 24.5 Å². The van der Waals surface area contributed by atoms with Crippen LogP contribution in [-0.2, 0) is 19.5 Å². The van der Waals surface area contributed by atoms with E-state index in [1.807, 2.05) is 10.8 Å². The Kier molecular flexibility index (Phi) is 3.44. The summed E-state index contributed by atoms with van der Waals surface area (Å²) in [5.41, 5.74) is 0.921. The van der Waals surface area contributed by atoms with E-state index in [1.165, 1.54) is 6.07 Å². The lowest BCUT2D eigenvalue weighted by molar-refractivity contribution is 0.356. The normalized spacial score (nSPS) is 17.5. The minimum absolute atomic E-state index is 0.263. The lowest BCUT2D eigenvalue weighted by atomic mass is 10.1. The molecule has 0 amide bonds. The van der Waals surface area contributed by atoms with Crippen molar-refractivity contribution in [1.82, 2.24) is 20.1 Å². The number of nitriles is 1. The van der Waals surface area contributed by atoms with Crippen LogP contribution in [0.25, 0.3) is 0 Å². The summed E-state index contributed by atoms with van der Waals surface area (Å²) in [4.78, 5) is 4.18. The summed E-state index contributed by atoms with van der Waals surface area (Å²) in [7, 11) is 0. The Morgan fingerprint density at radius 3 is 3.20 bits per heavy atom. The molecule has 0 radical (unpaired) electrons. The first-order chi connectivity index (χ1) is 9.76. The molecular weight excluding hydrogens is 257 g/mol. The van der Waals surface area contributed by atoms with Gasteiger partial charge < -0.3 is 5.32 Å². The Morgan fingerprint density at radius 2 is 2.40 bits per heavy atom. The molecule has 1 aromatic carbocycles. The maximum Gasteiger partial charge on any atom is 0.138 e. The van der Waals surface area contributed by atoms with Gasteiger partial charge in [0, 0.05) is 24.6 Å². The molecular formula is C14H14FN5. The van der Waals surface area contributed by atoms with E-state index >= 15 is 0 Å². The molecule has 1 atom stereocenters. The molecule has 0 aliphatic carbocycles. The van der Waals surface area contributed by atoms with Gasteiger partial charge in [-0.2, -0.15) is 10.4 Å². The van der Waals surface area contributed by atoms with E-state index in [-0.39, 0.29) is 11.9 Å². The second kappa shape index (κ2) is 5.39. The fourth-order valence-corrected chi connectivity index (χ4v) is 2.42. The van der Waals surface area contributed by atoms with E-state index in [1.54, 1.807) is 18.5 Å². The van der Waals surface area contributed by atoms with Gasteiger partial charge in [-0.3, -0.25) is 0 Å². The Bertz CT molecular complexity index is 658. The van der Waals surface area contributed by atoms with Gasteiger partial charge in [0.15, 0.2) is 0 Å². The fourth-order valence-electron chi connectivity index (χ4n) is 2.42. The number of aromatic nitrogens is 3. The summed E-state index contributed by atoms with van der Waals surface area (Å²) in [5.74, 6) is 0.668. The second-order valence-corrected chi connectivity index (χ2v) is 4.89. The van der Waals surface area contributed by atoms with Crippen LogP contribution >= 0.6 is 0 Å². The maximum absolute atomic E-state index is 13.8. The molecule has 1 N–H and O–H groups in total. The van der Waals surface area contributed by atoms with Crippen molar-refractivity contribution in [3.8, 4) is 6.07 Å². The van der Waals surface area contributed by atoms with Crippen molar-refractivity contribution >= 4 is 0 Å². The second-order valence-electron chi connectivity index (χ2n) is 4.89. The molecule has 1 aromatic heterocycles. The van der Waals surface area contributed by atoms with Crippen molar-refractivity contribution in [3.63, 3.8) is 0 Å². The van der Waals surface area contributed by atoms with Crippen molar-refractivity contribution in [2.75, 3.05) is 0 Å². The molecule has 1 unspecified atom stereocenters.